The van der Waals surface area contributed by atoms with Gasteiger partial charge in [-0.1, -0.05) is 30.3 Å². The number of hydrogen-bond acceptors (Lipinski definition) is 7. The standard InChI is InChI=1S/C30H17N7/c1-2-8-22-21(7-1)33-29-19-6-4-16-32-27(19)28-20(30(29)34-22)12-14-24(37-28)35-23-13-11-18-10-9-17-5-3-15-31-25(17)26(18)36-23/h1-16H,(H,35,36,37). The minimum atomic E-state index is 0.674. The minimum Gasteiger partial charge on any atom is -0.325 e. The highest BCUT2D eigenvalue weighted by Gasteiger charge is 2.15. The van der Waals surface area contributed by atoms with E-state index in [2.05, 4.69) is 27.4 Å². The lowest BCUT2D eigenvalue weighted by Crippen LogP contribution is -1.99. The monoisotopic (exact) mass is 475 g/mol. The van der Waals surface area contributed by atoms with Crippen LogP contribution in [0.3, 0.4) is 0 Å². The molecule has 0 unspecified atom stereocenters. The van der Waals surface area contributed by atoms with E-state index in [9.17, 15) is 0 Å². The van der Waals surface area contributed by atoms with Crippen molar-refractivity contribution < 1.29 is 0 Å². The van der Waals surface area contributed by atoms with E-state index in [0.717, 1.165) is 65.7 Å². The SMILES string of the molecule is c1cnc2c(c1)ccc1ccc(Nc3ccc4c(n3)c3ncccc3c3nc5ccccc5nc43)nc12. The molecule has 0 fully saturated rings. The van der Waals surface area contributed by atoms with Crippen molar-refractivity contribution in [3.63, 3.8) is 0 Å². The Morgan fingerprint density at radius 2 is 0.973 bits per heavy atom. The summed E-state index contributed by atoms with van der Waals surface area (Å²) in [6.45, 7) is 0. The van der Waals surface area contributed by atoms with Gasteiger partial charge in [0, 0.05) is 33.9 Å². The van der Waals surface area contributed by atoms with Gasteiger partial charge in [-0.2, -0.15) is 0 Å². The molecule has 7 nitrogen and oxygen atoms in total. The minimum absolute atomic E-state index is 0.674. The predicted octanol–water partition coefficient (Wildman–Crippen LogP) is 6.72. The lowest BCUT2D eigenvalue weighted by molar-refractivity contribution is 1.30. The van der Waals surface area contributed by atoms with Crippen LogP contribution in [0.25, 0.3) is 65.7 Å². The van der Waals surface area contributed by atoms with Crippen LogP contribution in [0, 0.1) is 0 Å². The van der Waals surface area contributed by atoms with Gasteiger partial charge in [0.05, 0.1) is 38.6 Å². The smallest absolute Gasteiger partial charge is 0.132 e. The molecule has 8 rings (SSSR count). The Bertz CT molecular complexity index is 2190. The van der Waals surface area contributed by atoms with Crippen molar-refractivity contribution in [1.82, 2.24) is 29.9 Å². The molecule has 5 heterocycles. The first kappa shape index (κ1) is 19.9. The summed E-state index contributed by atoms with van der Waals surface area (Å²) in [7, 11) is 0. The van der Waals surface area contributed by atoms with E-state index < -0.39 is 0 Å². The van der Waals surface area contributed by atoms with Crippen LogP contribution in [-0.2, 0) is 0 Å². The molecule has 172 valence electrons. The van der Waals surface area contributed by atoms with Crippen molar-refractivity contribution in [2.45, 2.75) is 0 Å². The number of nitrogens with one attached hydrogen (secondary N) is 1. The molecule has 37 heavy (non-hydrogen) atoms. The van der Waals surface area contributed by atoms with Crippen LogP contribution in [0.5, 0.6) is 0 Å². The first-order valence-electron chi connectivity index (χ1n) is 12.0. The molecule has 5 aromatic heterocycles. The van der Waals surface area contributed by atoms with Gasteiger partial charge in [-0.15, -0.1) is 0 Å². The number of rotatable bonds is 2. The average Bonchev–Trinajstić information content (AvgIpc) is 2.96. The maximum atomic E-state index is 4.97. The molecule has 0 saturated carbocycles. The van der Waals surface area contributed by atoms with Crippen LogP contribution >= 0.6 is 0 Å². The summed E-state index contributed by atoms with van der Waals surface area (Å²) in [5.41, 5.74) is 6.64. The number of hydrogen-bond donors (Lipinski definition) is 1. The number of aromatic nitrogens is 6. The van der Waals surface area contributed by atoms with E-state index in [1.807, 2.05) is 72.8 Å². The van der Waals surface area contributed by atoms with Crippen molar-refractivity contribution in [3.8, 4) is 0 Å². The number of para-hydroxylation sites is 2. The highest BCUT2D eigenvalue weighted by molar-refractivity contribution is 6.21. The zero-order chi connectivity index (χ0) is 24.3. The van der Waals surface area contributed by atoms with Crippen molar-refractivity contribution in [2.24, 2.45) is 0 Å². The van der Waals surface area contributed by atoms with Gasteiger partial charge in [-0.25, -0.2) is 19.9 Å². The van der Waals surface area contributed by atoms with Gasteiger partial charge in [0.1, 0.15) is 17.2 Å². The fourth-order valence-corrected chi connectivity index (χ4v) is 4.99. The molecule has 1 N–H and O–H groups in total. The van der Waals surface area contributed by atoms with Gasteiger partial charge in [0.25, 0.3) is 0 Å². The Kier molecular flexibility index (Phi) is 4.10. The molecule has 7 heteroatoms. The lowest BCUT2D eigenvalue weighted by Gasteiger charge is -2.11. The normalized spacial score (nSPS) is 11.8. The second-order valence-electron chi connectivity index (χ2n) is 8.94. The van der Waals surface area contributed by atoms with Gasteiger partial charge in [0.2, 0.25) is 0 Å². The second-order valence-corrected chi connectivity index (χ2v) is 8.94. The number of pyridine rings is 4. The van der Waals surface area contributed by atoms with E-state index in [0.29, 0.717) is 11.6 Å². The summed E-state index contributed by atoms with van der Waals surface area (Å²) in [6, 6.07) is 28.0. The number of benzene rings is 3. The Hall–Kier alpha value is -5.30. The molecule has 0 atom stereocenters. The molecule has 3 aromatic carbocycles. The van der Waals surface area contributed by atoms with Gasteiger partial charge in [-0.05, 0) is 54.6 Å². The summed E-state index contributed by atoms with van der Waals surface area (Å²) < 4.78 is 0. The Morgan fingerprint density at radius 3 is 1.76 bits per heavy atom. The summed E-state index contributed by atoms with van der Waals surface area (Å²) in [4.78, 5) is 29.0. The second kappa shape index (κ2) is 7.60. The van der Waals surface area contributed by atoms with Crippen molar-refractivity contribution in [1.29, 1.82) is 0 Å². The van der Waals surface area contributed by atoms with Crippen LogP contribution in [-0.4, -0.2) is 29.9 Å². The molecule has 0 aliphatic heterocycles. The fourth-order valence-electron chi connectivity index (χ4n) is 4.99. The van der Waals surface area contributed by atoms with Gasteiger partial charge in [-0.3, -0.25) is 9.97 Å². The van der Waals surface area contributed by atoms with Gasteiger partial charge in [0.15, 0.2) is 0 Å². The Labute approximate surface area is 209 Å². The third-order valence-electron chi connectivity index (χ3n) is 6.70. The topological polar surface area (TPSA) is 89.4 Å². The van der Waals surface area contributed by atoms with Crippen molar-refractivity contribution in [2.75, 3.05) is 5.32 Å². The molecule has 0 saturated heterocycles. The summed E-state index contributed by atoms with van der Waals surface area (Å²) in [6.07, 6.45) is 3.58. The van der Waals surface area contributed by atoms with Crippen LogP contribution in [0.1, 0.15) is 0 Å². The quantitative estimate of drug-likeness (QED) is 0.219. The molecular formula is C30H17N7. The van der Waals surface area contributed by atoms with Gasteiger partial charge >= 0.3 is 0 Å². The van der Waals surface area contributed by atoms with Crippen LogP contribution in [0.15, 0.2) is 97.3 Å². The average molecular weight is 476 g/mol. The van der Waals surface area contributed by atoms with Crippen LogP contribution in [0.2, 0.25) is 0 Å². The largest absolute Gasteiger partial charge is 0.325 e. The highest BCUT2D eigenvalue weighted by Crippen LogP contribution is 2.33. The number of fused-ring (bicyclic) bond motifs is 10. The van der Waals surface area contributed by atoms with E-state index in [4.69, 9.17) is 19.9 Å². The molecule has 0 bridgehead atoms. The number of nitrogens with zero attached hydrogens (tertiary/aromatic N) is 6. The number of anilines is 2. The van der Waals surface area contributed by atoms with Crippen LogP contribution < -0.4 is 5.32 Å². The first-order valence-corrected chi connectivity index (χ1v) is 12.0. The Balaban J connectivity index is 1.33. The fraction of sp³-hybridized carbons (Fsp3) is 0. The van der Waals surface area contributed by atoms with Crippen LogP contribution in [0.4, 0.5) is 11.6 Å². The third-order valence-corrected chi connectivity index (χ3v) is 6.70. The Morgan fingerprint density at radius 1 is 0.405 bits per heavy atom. The molecule has 0 amide bonds. The zero-order valence-corrected chi connectivity index (χ0v) is 19.4. The lowest BCUT2D eigenvalue weighted by atomic mass is 10.1. The molecule has 0 aliphatic rings. The van der Waals surface area contributed by atoms with Crippen molar-refractivity contribution >= 4 is 77.3 Å². The molecule has 0 spiro atoms. The first-order chi connectivity index (χ1) is 18.3. The zero-order valence-electron chi connectivity index (χ0n) is 19.4. The third kappa shape index (κ3) is 3.07. The maximum absolute atomic E-state index is 4.97. The van der Waals surface area contributed by atoms with Gasteiger partial charge < -0.3 is 5.32 Å². The van der Waals surface area contributed by atoms with E-state index >= 15 is 0 Å². The van der Waals surface area contributed by atoms with E-state index in [1.54, 1.807) is 12.4 Å². The van der Waals surface area contributed by atoms with Crippen molar-refractivity contribution in [3.05, 3.63) is 97.3 Å². The predicted molar refractivity (Wildman–Crippen MR) is 148 cm³/mol. The summed E-state index contributed by atoms with van der Waals surface area (Å²) >= 11 is 0. The maximum Gasteiger partial charge on any atom is 0.132 e. The highest BCUT2D eigenvalue weighted by atomic mass is 15.1. The molecule has 0 radical (unpaired) electrons. The molecule has 0 aliphatic carbocycles. The molecule has 8 aromatic rings. The van der Waals surface area contributed by atoms with E-state index in [-0.39, 0.29) is 0 Å². The summed E-state index contributed by atoms with van der Waals surface area (Å²) in [5.74, 6) is 1.37. The molecular weight excluding hydrogens is 458 g/mol. The summed E-state index contributed by atoms with van der Waals surface area (Å²) in [5, 5.41) is 7.31. The van der Waals surface area contributed by atoms with E-state index in [1.165, 1.54) is 0 Å².